The van der Waals surface area contributed by atoms with Crippen LogP contribution in [0.2, 0.25) is 0 Å². The standard InChI is InChI=1S/C14H27N3O2S/c1-6-7-17-10-14(20(18,19)16-12(4)5)8-13(17)9-15-11(2)3/h8,10-12,15-16H,6-7,9H2,1-5H3. The third-order valence-electron chi connectivity index (χ3n) is 2.82. The van der Waals surface area contributed by atoms with E-state index in [1.54, 1.807) is 12.3 Å². The minimum Gasteiger partial charge on any atom is -0.349 e. The quantitative estimate of drug-likeness (QED) is 0.773. The van der Waals surface area contributed by atoms with Crippen molar-refractivity contribution in [3.05, 3.63) is 18.0 Å². The Morgan fingerprint density at radius 1 is 1.20 bits per heavy atom. The van der Waals surface area contributed by atoms with E-state index >= 15 is 0 Å². The van der Waals surface area contributed by atoms with Crippen molar-refractivity contribution < 1.29 is 8.42 Å². The van der Waals surface area contributed by atoms with Crippen LogP contribution in [-0.4, -0.2) is 25.1 Å². The van der Waals surface area contributed by atoms with Crippen molar-refractivity contribution in [1.29, 1.82) is 0 Å². The first-order valence-corrected chi connectivity index (χ1v) is 8.69. The molecule has 0 saturated carbocycles. The third-order valence-corrected chi connectivity index (χ3v) is 4.44. The molecule has 1 heterocycles. The fraction of sp³-hybridized carbons (Fsp3) is 0.714. The van der Waals surface area contributed by atoms with E-state index in [4.69, 9.17) is 0 Å². The Kier molecular flexibility index (Phi) is 6.23. The van der Waals surface area contributed by atoms with Crippen LogP contribution < -0.4 is 10.0 Å². The summed E-state index contributed by atoms with van der Waals surface area (Å²) in [6.07, 6.45) is 2.70. The molecule has 0 fully saturated rings. The van der Waals surface area contributed by atoms with Crippen molar-refractivity contribution in [3.63, 3.8) is 0 Å². The first-order chi connectivity index (χ1) is 9.26. The van der Waals surface area contributed by atoms with Crippen LogP contribution >= 0.6 is 0 Å². The first-order valence-electron chi connectivity index (χ1n) is 7.21. The zero-order valence-electron chi connectivity index (χ0n) is 13.1. The molecule has 0 atom stereocenters. The topological polar surface area (TPSA) is 63.1 Å². The molecular formula is C14H27N3O2S. The summed E-state index contributed by atoms with van der Waals surface area (Å²) in [6.45, 7) is 11.4. The first kappa shape index (κ1) is 17.2. The Balaban J connectivity index is 3.01. The average molecular weight is 301 g/mol. The van der Waals surface area contributed by atoms with Gasteiger partial charge in [-0.05, 0) is 26.3 Å². The number of hydrogen-bond donors (Lipinski definition) is 2. The van der Waals surface area contributed by atoms with Crippen LogP contribution in [0.3, 0.4) is 0 Å². The fourth-order valence-corrected chi connectivity index (χ4v) is 3.27. The SMILES string of the molecule is CCCn1cc(S(=O)(=O)NC(C)C)cc1CNC(C)C. The van der Waals surface area contributed by atoms with Gasteiger partial charge in [0.25, 0.3) is 0 Å². The van der Waals surface area contributed by atoms with Crippen LogP contribution in [0.5, 0.6) is 0 Å². The zero-order chi connectivity index (χ0) is 15.3. The van der Waals surface area contributed by atoms with Gasteiger partial charge >= 0.3 is 0 Å². The van der Waals surface area contributed by atoms with Gasteiger partial charge in [-0.15, -0.1) is 0 Å². The van der Waals surface area contributed by atoms with Gasteiger partial charge in [0.15, 0.2) is 0 Å². The second kappa shape index (κ2) is 7.24. The van der Waals surface area contributed by atoms with E-state index in [2.05, 4.69) is 30.8 Å². The molecule has 0 unspecified atom stereocenters. The van der Waals surface area contributed by atoms with Crippen molar-refractivity contribution >= 4 is 10.0 Å². The van der Waals surface area contributed by atoms with E-state index in [9.17, 15) is 8.42 Å². The van der Waals surface area contributed by atoms with Gasteiger partial charge in [-0.25, -0.2) is 13.1 Å². The predicted molar refractivity (Wildman–Crippen MR) is 82.2 cm³/mol. The average Bonchev–Trinajstić information content (AvgIpc) is 2.69. The van der Waals surface area contributed by atoms with E-state index in [0.717, 1.165) is 18.7 Å². The van der Waals surface area contributed by atoms with Crippen molar-refractivity contribution in [1.82, 2.24) is 14.6 Å². The van der Waals surface area contributed by atoms with Gasteiger partial charge < -0.3 is 9.88 Å². The summed E-state index contributed by atoms with van der Waals surface area (Å²) in [7, 11) is -3.42. The lowest BCUT2D eigenvalue weighted by atomic mass is 10.3. The number of aryl methyl sites for hydroxylation is 1. The molecule has 1 rings (SSSR count). The number of hydrogen-bond acceptors (Lipinski definition) is 3. The summed E-state index contributed by atoms with van der Waals surface area (Å²) in [6, 6.07) is 2.02. The maximum absolute atomic E-state index is 12.2. The molecule has 6 heteroatoms. The molecule has 20 heavy (non-hydrogen) atoms. The van der Waals surface area contributed by atoms with Crippen molar-refractivity contribution in [2.45, 2.75) is 71.1 Å². The van der Waals surface area contributed by atoms with Crippen molar-refractivity contribution in [2.24, 2.45) is 0 Å². The summed E-state index contributed by atoms with van der Waals surface area (Å²) < 4.78 is 29.1. The van der Waals surface area contributed by atoms with Crippen LogP contribution in [0.1, 0.15) is 46.7 Å². The van der Waals surface area contributed by atoms with Crippen molar-refractivity contribution in [2.75, 3.05) is 0 Å². The Bertz CT molecular complexity index is 519. The number of nitrogens with one attached hydrogen (secondary N) is 2. The molecule has 0 spiro atoms. The molecule has 0 saturated heterocycles. The van der Waals surface area contributed by atoms with Crippen LogP contribution in [0.25, 0.3) is 0 Å². The highest BCUT2D eigenvalue weighted by molar-refractivity contribution is 7.89. The summed E-state index contributed by atoms with van der Waals surface area (Å²) in [4.78, 5) is 0.347. The van der Waals surface area contributed by atoms with Gasteiger partial charge in [-0.1, -0.05) is 20.8 Å². The van der Waals surface area contributed by atoms with E-state index in [1.165, 1.54) is 0 Å². The Morgan fingerprint density at radius 3 is 2.35 bits per heavy atom. The summed E-state index contributed by atoms with van der Waals surface area (Å²) in [5.74, 6) is 0. The van der Waals surface area contributed by atoms with Gasteiger partial charge in [-0.3, -0.25) is 0 Å². The predicted octanol–water partition coefficient (Wildman–Crippen LogP) is 2.08. The fourth-order valence-electron chi connectivity index (χ4n) is 1.96. The molecule has 0 radical (unpaired) electrons. The van der Waals surface area contributed by atoms with E-state index in [1.807, 2.05) is 18.4 Å². The monoisotopic (exact) mass is 301 g/mol. The second-order valence-corrected chi connectivity index (χ2v) is 7.39. The van der Waals surface area contributed by atoms with Gasteiger partial charge in [0, 0.05) is 37.1 Å². The molecule has 0 aromatic carbocycles. The molecule has 1 aromatic heterocycles. The maximum atomic E-state index is 12.2. The Labute approximate surface area is 122 Å². The maximum Gasteiger partial charge on any atom is 0.242 e. The molecular weight excluding hydrogens is 274 g/mol. The van der Waals surface area contributed by atoms with E-state index in [-0.39, 0.29) is 6.04 Å². The van der Waals surface area contributed by atoms with Gasteiger partial charge in [-0.2, -0.15) is 0 Å². The van der Waals surface area contributed by atoms with Crippen LogP contribution in [0.4, 0.5) is 0 Å². The lowest BCUT2D eigenvalue weighted by molar-refractivity contribution is 0.551. The minimum atomic E-state index is -3.42. The number of rotatable bonds is 8. The van der Waals surface area contributed by atoms with Crippen molar-refractivity contribution in [3.8, 4) is 0 Å². The highest BCUT2D eigenvalue weighted by Gasteiger charge is 2.19. The summed E-state index contributed by atoms with van der Waals surface area (Å²) >= 11 is 0. The number of aromatic nitrogens is 1. The van der Waals surface area contributed by atoms with Crippen LogP contribution in [-0.2, 0) is 23.1 Å². The third kappa shape index (κ3) is 4.92. The molecule has 2 N–H and O–H groups in total. The van der Waals surface area contributed by atoms with Crippen LogP contribution in [0.15, 0.2) is 17.2 Å². The number of sulfonamides is 1. The zero-order valence-corrected chi connectivity index (χ0v) is 13.9. The molecule has 116 valence electrons. The molecule has 0 aliphatic rings. The highest BCUT2D eigenvalue weighted by Crippen LogP contribution is 2.16. The minimum absolute atomic E-state index is 0.105. The summed E-state index contributed by atoms with van der Waals surface area (Å²) in [5, 5.41) is 3.33. The molecule has 0 bridgehead atoms. The Hall–Kier alpha value is -0.850. The molecule has 5 nitrogen and oxygen atoms in total. The van der Waals surface area contributed by atoms with Gasteiger partial charge in [0.05, 0.1) is 4.90 Å². The van der Waals surface area contributed by atoms with Gasteiger partial charge in [0.1, 0.15) is 0 Å². The molecule has 0 amide bonds. The van der Waals surface area contributed by atoms with E-state index < -0.39 is 10.0 Å². The normalized spacial score (nSPS) is 12.6. The largest absolute Gasteiger partial charge is 0.349 e. The number of nitrogens with zero attached hydrogens (tertiary/aromatic N) is 1. The molecule has 1 aromatic rings. The smallest absolute Gasteiger partial charge is 0.242 e. The van der Waals surface area contributed by atoms with Crippen LogP contribution in [0, 0.1) is 0 Å². The lowest BCUT2D eigenvalue weighted by Crippen LogP contribution is -2.30. The highest BCUT2D eigenvalue weighted by atomic mass is 32.2. The van der Waals surface area contributed by atoms with Gasteiger partial charge in [0.2, 0.25) is 10.0 Å². The molecule has 0 aliphatic carbocycles. The lowest BCUT2D eigenvalue weighted by Gasteiger charge is -2.10. The second-order valence-electron chi connectivity index (χ2n) is 5.67. The molecule has 0 aliphatic heterocycles. The van der Waals surface area contributed by atoms with E-state index in [0.29, 0.717) is 17.5 Å². The Morgan fingerprint density at radius 2 is 1.85 bits per heavy atom. The summed E-state index contributed by atoms with van der Waals surface area (Å²) in [5.41, 5.74) is 1.00.